The molecule has 8 heteroatoms. The minimum Gasteiger partial charge on any atom is -0.481 e. The zero-order valence-corrected chi connectivity index (χ0v) is 14.9. The summed E-state index contributed by atoms with van der Waals surface area (Å²) in [7, 11) is 0. The van der Waals surface area contributed by atoms with Crippen molar-refractivity contribution < 1.29 is 22.7 Å². The molecule has 1 unspecified atom stereocenters. The van der Waals surface area contributed by atoms with Gasteiger partial charge in [-0.2, -0.15) is 18.4 Å². The molecule has 2 aromatic rings. The number of nitrogens with one attached hydrogen (secondary N) is 2. The van der Waals surface area contributed by atoms with Crippen LogP contribution in [0.2, 0.25) is 0 Å². The average Bonchev–Trinajstić information content (AvgIpc) is 3.11. The zero-order valence-electron chi connectivity index (χ0n) is 14.9. The largest absolute Gasteiger partial charge is 0.481 e. The number of amides is 1. The molecule has 0 aliphatic carbocycles. The van der Waals surface area contributed by atoms with Crippen LogP contribution in [0.1, 0.15) is 37.1 Å². The van der Waals surface area contributed by atoms with E-state index in [1.165, 1.54) is 12.1 Å². The van der Waals surface area contributed by atoms with Gasteiger partial charge in [0.05, 0.1) is 23.7 Å². The van der Waals surface area contributed by atoms with Crippen molar-refractivity contribution >= 4 is 5.91 Å². The van der Waals surface area contributed by atoms with Crippen molar-refractivity contribution in [2.75, 3.05) is 0 Å². The summed E-state index contributed by atoms with van der Waals surface area (Å²) in [5, 5.41) is 11.6. The monoisotopic (exact) mass is 379 g/mol. The predicted octanol–water partition coefficient (Wildman–Crippen LogP) is 4.02. The number of rotatable bonds is 7. The van der Waals surface area contributed by atoms with Gasteiger partial charge >= 0.3 is 6.18 Å². The number of hydrogen-bond donors (Lipinski definition) is 2. The molecule has 0 fully saturated rings. The number of H-pyrrole nitrogens is 1. The van der Waals surface area contributed by atoms with E-state index < -0.39 is 29.3 Å². The molecular formula is C19H20F3N3O2. The van der Waals surface area contributed by atoms with Crippen LogP contribution in [0.5, 0.6) is 5.75 Å². The molecule has 0 bridgehead atoms. The van der Waals surface area contributed by atoms with Crippen molar-refractivity contribution in [1.82, 2.24) is 10.3 Å². The quantitative estimate of drug-likeness (QED) is 0.763. The first-order chi connectivity index (χ1) is 12.7. The Morgan fingerprint density at radius 2 is 2.07 bits per heavy atom. The minimum atomic E-state index is -4.69. The van der Waals surface area contributed by atoms with E-state index in [1.807, 2.05) is 13.8 Å². The maximum Gasteiger partial charge on any atom is 0.417 e. The molecule has 0 aliphatic heterocycles. The zero-order chi connectivity index (χ0) is 20.0. The molecule has 0 saturated carbocycles. The molecular weight excluding hydrogens is 359 g/mol. The fourth-order valence-electron chi connectivity index (χ4n) is 2.50. The van der Waals surface area contributed by atoms with E-state index in [2.05, 4.69) is 10.3 Å². The molecule has 0 radical (unpaired) electrons. The first-order valence-corrected chi connectivity index (χ1v) is 8.38. The second-order valence-corrected chi connectivity index (χ2v) is 6.47. The Bertz CT molecular complexity index is 809. The van der Waals surface area contributed by atoms with Gasteiger partial charge in [-0.1, -0.05) is 13.8 Å². The van der Waals surface area contributed by atoms with Gasteiger partial charge in [0.1, 0.15) is 5.75 Å². The highest BCUT2D eigenvalue weighted by Crippen LogP contribution is 2.34. The SMILES string of the molecule is CC(C)CC(Oc1ccc(C#N)c(C(F)(F)F)c1)C(=O)NCc1ccc[nH]1. The number of aromatic amines is 1. The third-order valence-electron chi connectivity index (χ3n) is 3.79. The second-order valence-electron chi connectivity index (χ2n) is 6.47. The Balaban J connectivity index is 2.17. The van der Waals surface area contributed by atoms with Crippen LogP contribution in [0.25, 0.3) is 0 Å². The van der Waals surface area contributed by atoms with Gasteiger partial charge in [0.25, 0.3) is 5.91 Å². The number of halogens is 3. The predicted molar refractivity (Wildman–Crippen MR) is 92.7 cm³/mol. The van der Waals surface area contributed by atoms with Gasteiger partial charge in [-0.05, 0) is 42.7 Å². The lowest BCUT2D eigenvalue weighted by atomic mass is 10.0. The Morgan fingerprint density at radius 3 is 2.63 bits per heavy atom. The summed E-state index contributed by atoms with van der Waals surface area (Å²) in [6.07, 6.45) is -3.58. The van der Waals surface area contributed by atoms with Crippen LogP contribution in [0.4, 0.5) is 13.2 Å². The van der Waals surface area contributed by atoms with Crippen molar-refractivity contribution in [3.63, 3.8) is 0 Å². The van der Waals surface area contributed by atoms with E-state index in [-0.39, 0.29) is 18.2 Å². The van der Waals surface area contributed by atoms with Crippen molar-refractivity contribution in [3.8, 4) is 11.8 Å². The van der Waals surface area contributed by atoms with Crippen molar-refractivity contribution in [2.24, 2.45) is 5.92 Å². The first-order valence-electron chi connectivity index (χ1n) is 8.38. The average molecular weight is 379 g/mol. The second kappa shape index (κ2) is 8.62. The Hall–Kier alpha value is -2.95. The number of carbonyl (C=O) groups is 1. The lowest BCUT2D eigenvalue weighted by Crippen LogP contribution is -2.39. The lowest BCUT2D eigenvalue weighted by molar-refractivity contribution is -0.137. The summed E-state index contributed by atoms with van der Waals surface area (Å²) in [5.41, 5.74) is -0.784. The van der Waals surface area contributed by atoms with E-state index in [4.69, 9.17) is 10.00 Å². The van der Waals surface area contributed by atoms with Crippen LogP contribution in [-0.2, 0) is 17.5 Å². The third-order valence-corrected chi connectivity index (χ3v) is 3.79. The highest BCUT2D eigenvalue weighted by atomic mass is 19.4. The molecule has 1 amide bonds. The minimum absolute atomic E-state index is 0.0895. The van der Waals surface area contributed by atoms with Gasteiger partial charge in [0, 0.05) is 11.9 Å². The summed E-state index contributed by atoms with van der Waals surface area (Å²) >= 11 is 0. The van der Waals surface area contributed by atoms with E-state index in [1.54, 1.807) is 18.3 Å². The Kier molecular flexibility index (Phi) is 6.50. The third kappa shape index (κ3) is 5.78. The van der Waals surface area contributed by atoms with Gasteiger partial charge in [0.15, 0.2) is 6.10 Å². The number of benzene rings is 1. The summed E-state index contributed by atoms with van der Waals surface area (Å²) in [4.78, 5) is 15.4. The lowest BCUT2D eigenvalue weighted by Gasteiger charge is -2.21. The van der Waals surface area contributed by atoms with Crippen molar-refractivity contribution in [2.45, 2.75) is 39.1 Å². The van der Waals surface area contributed by atoms with Crippen LogP contribution in [0, 0.1) is 17.2 Å². The normalized spacial score (nSPS) is 12.5. The molecule has 5 nitrogen and oxygen atoms in total. The highest BCUT2D eigenvalue weighted by Gasteiger charge is 2.34. The number of hydrogen-bond acceptors (Lipinski definition) is 3. The van der Waals surface area contributed by atoms with Gasteiger partial charge in [0.2, 0.25) is 0 Å². The molecule has 0 saturated heterocycles. The topological polar surface area (TPSA) is 77.9 Å². The first kappa shape index (κ1) is 20.4. The van der Waals surface area contributed by atoms with E-state index >= 15 is 0 Å². The summed E-state index contributed by atoms with van der Waals surface area (Å²) < 4.78 is 44.9. The van der Waals surface area contributed by atoms with Crippen LogP contribution in [-0.4, -0.2) is 17.0 Å². The Morgan fingerprint density at radius 1 is 1.33 bits per heavy atom. The van der Waals surface area contributed by atoms with E-state index in [9.17, 15) is 18.0 Å². The highest BCUT2D eigenvalue weighted by molar-refractivity contribution is 5.81. The molecule has 1 aromatic heterocycles. The number of ether oxygens (including phenoxy) is 1. The standard InChI is InChI=1S/C19H20F3N3O2/c1-12(2)8-17(18(26)25-11-14-4-3-7-24-14)27-15-6-5-13(10-23)16(9-15)19(20,21)22/h3-7,9,12,17,24H,8,11H2,1-2H3,(H,25,26). The van der Waals surface area contributed by atoms with Crippen molar-refractivity contribution in [3.05, 3.63) is 53.3 Å². The summed E-state index contributed by atoms with van der Waals surface area (Å²) in [6.45, 7) is 4.02. The van der Waals surface area contributed by atoms with Gasteiger partial charge in [-0.3, -0.25) is 4.79 Å². The summed E-state index contributed by atoms with van der Waals surface area (Å²) in [6, 6.07) is 8.17. The number of carbonyl (C=O) groups excluding carboxylic acids is 1. The smallest absolute Gasteiger partial charge is 0.417 e. The van der Waals surface area contributed by atoms with Crippen LogP contribution < -0.4 is 10.1 Å². The van der Waals surface area contributed by atoms with Gasteiger partial charge in [-0.15, -0.1) is 0 Å². The van der Waals surface area contributed by atoms with Crippen LogP contribution >= 0.6 is 0 Å². The molecule has 2 rings (SSSR count). The van der Waals surface area contributed by atoms with Crippen LogP contribution in [0.3, 0.4) is 0 Å². The molecule has 0 aliphatic rings. The molecule has 2 N–H and O–H groups in total. The molecule has 1 atom stereocenters. The van der Waals surface area contributed by atoms with Gasteiger partial charge < -0.3 is 15.0 Å². The molecule has 1 heterocycles. The fourth-order valence-corrected chi connectivity index (χ4v) is 2.50. The number of aromatic nitrogens is 1. The fraction of sp³-hybridized carbons (Fsp3) is 0.368. The number of alkyl halides is 3. The van der Waals surface area contributed by atoms with E-state index in [0.717, 1.165) is 17.8 Å². The molecule has 144 valence electrons. The number of nitriles is 1. The van der Waals surface area contributed by atoms with Crippen molar-refractivity contribution in [1.29, 1.82) is 5.26 Å². The molecule has 27 heavy (non-hydrogen) atoms. The summed E-state index contributed by atoms with van der Waals surface area (Å²) in [5.74, 6) is -0.440. The maximum absolute atomic E-state index is 13.1. The van der Waals surface area contributed by atoms with E-state index in [0.29, 0.717) is 6.42 Å². The maximum atomic E-state index is 13.1. The Labute approximate surface area is 155 Å². The molecule has 1 aromatic carbocycles. The van der Waals surface area contributed by atoms with Gasteiger partial charge in [-0.25, -0.2) is 0 Å². The molecule has 0 spiro atoms. The van der Waals surface area contributed by atoms with Crippen LogP contribution in [0.15, 0.2) is 36.5 Å². The number of nitrogens with zero attached hydrogens (tertiary/aromatic N) is 1.